The minimum atomic E-state index is 0.0898. The molecule has 0 atom stereocenters. The van der Waals surface area contributed by atoms with Crippen LogP contribution < -0.4 is 0 Å². The summed E-state index contributed by atoms with van der Waals surface area (Å²) < 4.78 is 0. The highest BCUT2D eigenvalue weighted by atomic mass is 16.2. The monoisotopic (exact) mass is 512 g/mol. The minimum absolute atomic E-state index is 0.0898. The average molecular weight is 513 g/mol. The van der Waals surface area contributed by atoms with Gasteiger partial charge in [0.2, 0.25) is 0 Å². The lowest BCUT2D eigenvalue weighted by Crippen LogP contribution is -2.32. The van der Waals surface area contributed by atoms with E-state index >= 15 is 0 Å². The molecule has 202 valence electrons. The molecule has 2 aromatic rings. The first-order valence-electron chi connectivity index (χ1n) is 14.3. The largest absolute Gasteiger partial charge is 0.339 e. The van der Waals surface area contributed by atoms with Gasteiger partial charge >= 0.3 is 0 Å². The van der Waals surface area contributed by atoms with Crippen molar-refractivity contribution >= 4 is 11.8 Å². The maximum atomic E-state index is 12.9. The van der Waals surface area contributed by atoms with Crippen LogP contribution in [0, 0.1) is 23.7 Å². The molecular formula is C34H44N2O2. The molecule has 0 aromatic heterocycles. The van der Waals surface area contributed by atoms with E-state index in [0.29, 0.717) is 11.1 Å². The van der Waals surface area contributed by atoms with Gasteiger partial charge in [0, 0.05) is 48.4 Å². The SMILES string of the molecule is CCCCN(CCCC)C(=O)c1ccc(C#CC#Cc2ccc(C(=O)N(CCCC)CCCC)cc2)cc1. The van der Waals surface area contributed by atoms with E-state index in [0.717, 1.165) is 88.7 Å². The highest BCUT2D eigenvalue weighted by Gasteiger charge is 2.15. The fourth-order valence-electron chi connectivity index (χ4n) is 3.99. The lowest BCUT2D eigenvalue weighted by Gasteiger charge is -2.22. The Kier molecular flexibility index (Phi) is 14.4. The molecule has 0 aliphatic carbocycles. The summed E-state index contributed by atoms with van der Waals surface area (Å²) >= 11 is 0. The fourth-order valence-corrected chi connectivity index (χ4v) is 3.99. The summed E-state index contributed by atoms with van der Waals surface area (Å²) in [7, 11) is 0. The molecular weight excluding hydrogens is 468 g/mol. The number of unbranched alkanes of at least 4 members (excludes halogenated alkanes) is 4. The van der Waals surface area contributed by atoms with Gasteiger partial charge in [-0.15, -0.1) is 0 Å². The van der Waals surface area contributed by atoms with Crippen LogP contribution in [-0.4, -0.2) is 47.8 Å². The quantitative estimate of drug-likeness (QED) is 0.252. The Labute approximate surface area is 230 Å². The van der Waals surface area contributed by atoms with E-state index < -0.39 is 0 Å². The van der Waals surface area contributed by atoms with E-state index in [1.54, 1.807) is 0 Å². The molecule has 2 rings (SSSR count). The van der Waals surface area contributed by atoms with Gasteiger partial charge in [0.15, 0.2) is 0 Å². The van der Waals surface area contributed by atoms with Crippen LogP contribution in [-0.2, 0) is 0 Å². The molecule has 2 amide bonds. The molecule has 0 heterocycles. The summed E-state index contributed by atoms with van der Waals surface area (Å²) in [5.74, 6) is 12.1. The standard InChI is InChI=1S/C34H44N2O2/c1-5-9-25-35(26-10-6-2)33(37)31-21-17-29(18-22-31)15-13-14-16-30-19-23-32(24-20-30)34(38)36(27-11-7-3)28-12-8-4/h17-24H,5-12,25-28H2,1-4H3. The normalized spacial score (nSPS) is 10.1. The van der Waals surface area contributed by atoms with Crippen LogP contribution in [0.1, 0.15) is 111 Å². The zero-order valence-electron chi connectivity index (χ0n) is 23.8. The van der Waals surface area contributed by atoms with Crippen molar-refractivity contribution < 1.29 is 9.59 Å². The van der Waals surface area contributed by atoms with Crippen molar-refractivity contribution in [2.75, 3.05) is 26.2 Å². The predicted octanol–water partition coefficient (Wildman–Crippen LogP) is 7.17. The third-order valence-electron chi connectivity index (χ3n) is 6.44. The van der Waals surface area contributed by atoms with Gasteiger partial charge in [-0.05, 0) is 86.1 Å². The van der Waals surface area contributed by atoms with E-state index in [4.69, 9.17) is 0 Å². The third-order valence-corrected chi connectivity index (χ3v) is 6.44. The minimum Gasteiger partial charge on any atom is -0.339 e. The summed E-state index contributed by atoms with van der Waals surface area (Å²) in [6, 6.07) is 14.9. The van der Waals surface area contributed by atoms with Crippen LogP contribution in [0.5, 0.6) is 0 Å². The summed E-state index contributed by atoms with van der Waals surface area (Å²) in [5, 5.41) is 0. The number of carbonyl (C=O) groups excluding carboxylic acids is 2. The Balaban J connectivity index is 2.00. The molecule has 4 nitrogen and oxygen atoms in total. The molecule has 0 bridgehead atoms. The molecule has 0 fully saturated rings. The van der Waals surface area contributed by atoms with E-state index in [1.165, 1.54) is 0 Å². The number of amides is 2. The predicted molar refractivity (Wildman–Crippen MR) is 158 cm³/mol. The summed E-state index contributed by atoms with van der Waals surface area (Å²) in [5.41, 5.74) is 3.05. The molecule has 0 N–H and O–H groups in total. The van der Waals surface area contributed by atoms with Crippen molar-refractivity contribution in [2.45, 2.75) is 79.1 Å². The maximum Gasteiger partial charge on any atom is 0.253 e. The molecule has 38 heavy (non-hydrogen) atoms. The van der Waals surface area contributed by atoms with E-state index in [-0.39, 0.29) is 11.8 Å². The highest BCUT2D eigenvalue weighted by molar-refractivity contribution is 5.94. The number of carbonyl (C=O) groups is 2. The molecule has 0 saturated heterocycles. The number of hydrogen-bond acceptors (Lipinski definition) is 2. The van der Waals surface area contributed by atoms with Crippen molar-refractivity contribution in [3.8, 4) is 23.7 Å². The van der Waals surface area contributed by atoms with Crippen LogP contribution in [0.25, 0.3) is 0 Å². The van der Waals surface area contributed by atoms with Crippen molar-refractivity contribution in [2.24, 2.45) is 0 Å². The second-order valence-corrected chi connectivity index (χ2v) is 9.65. The Morgan fingerprint density at radius 1 is 0.526 bits per heavy atom. The van der Waals surface area contributed by atoms with Gasteiger partial charge < -0.3 is 9.80 Å². The lowest BCUT2D eigenvalue weighted by molar-refractivity contribution is 0.0743. The average Bonchev–Trinajstić information content (AvgIpc) is 2.95. The summed E-state index contributed by atoms with van der Waals surface area (Å²) in [4.78, 5) is 29.8. The summed E-state index contributed by atoms with van der Waals surface area (Å²) in [6.45, 7) is 11.8. The molecule has 0 radical (unpaired) electrons. The molecule has 0 unspecified atom stereocenters. The first-order chi connectivity index (χ1) is 18.5. The second kappa shape index (κ2) is 17.9. The number of benzene rings is 2. The molecule has 0 aliphatic rings. The Bertz CT molecular complexity index is 1000. The van der Waals surface area contributed by atoms with Crippen LogP contribution in [0.3, 0.4) is 0 Å². The fraction of sp³-hybridized carbons (Fsp3) is 0.471. The Hall–Kier alpha value is -3.50. The van der Waals surface area contributed by atoms with Gasteiger partial charge in [-0.1, -0.05) is 65.2 Å². The van der Waals surface area contributed by atoms with Gasteiger partial charge in [0.05, 0.1) is 0 Å². The third kappa shape index (κ3) is 10.5. The van der Waals surface area contributed by atoms with Gasteiger partial charge in [-0.3, -0.25) is 9.59 Å². The zero-order chi connectivity index (χ0) is 27.6. The number of nitrogens with zero attached hydrogens (tertiary/aromatic N) is 2. The summed E-state index contributed by atoms with van der Waals surface area (Å²) in [6.07, 6.45) is 8.38. The van der Waals surface area contributed by atoms with Crippen molar-refractivity contribution in [3.05, 3.63) is 70.8 Å². The molecule has 0 saturated carbocycles. The maximum absolute atomic E-state index is 12.9. The smallest absolute Gasteiger partial charge is 0.253 e. The highest BCUT2D eigenvalue weighted by Crippen LogP contribution is 2.11. The van der Waals surface area contributed by atoms with Gasteiger partial charge in [-0.2, -0.15) is 0 Å². The number of rotatable bonds is 14. The first kappa shape index (κ1) is 30.7. The van der Waals surface area contributed by atoms with E-state index in [1.807, 2.05) is 58.3 Å². The zero-order valence-corrected chi connectivity index (χ0v) is 23.8. The second-order valence-electron chi connectivity index (χ2n) is 9.65. The van der Waals surface area contributed by atoms with Crippen LogP contribution in [0.15, 0.2) is 48.5 Å². The van der Waals surface area contributed by atoms with Crippen LogP contribution in [0.2, 0.25) is 0 Å². The molecule has 0 aliphatic heterocycles. The molecule has 2 aromatic carbocycles. The van der Waals surface area contributed by atoms with Gasteiger partial charge in [0.25, 0.3) is 11.8 Å². The van der Waals surface area contributed by atoms with E-state index in [9.17, 15) is 9.59 Å². The van der Waals surface area contributed by atoms with Gasteiger partial charge in [0.1, 0.15) is 0 Å². The van der Waals surface area contributed by atoms with Gasteiger partial charge in [-0.25, -0.2) is 0 Å². The van der Waals surface area contributed by atoms with Crippen LogP contribution in [0.4, 0.5) is 0 Å². The van der Waals surface area contributed by atoms with E-state index in [2.05, 4.69) is 51.4 Å². The van der Waals surface area contributed by atoms with Crippen molar-refractivity contribution in [1.82, 2.24) is 9.80 Å². The Morgan fingerprint density at radius 2 is 0.816 bits per heavy atom. The molecule has 4 heteroatoms. The van der Waals surface area contributed by atoms with Crippen molar-refractivity contribution in [1.29, 1.82) is 0 Å². The Morgan fingerprint density at radius 3 is 1.08 bits per heavy atom. The first-order valence-corrected chi connectivity index (χ1v) is 14.3. The topological polar surface area (TPSA) is 40.6 Å². The lowest BCUT2D eigenvalue weighted by atomic mass is 10.1. The van der Waals surface area contributed by atoms with Crippen molar-refractivity contribution in [3.63, 3.8) is 0 Å². The van der Waals surface area contributed by atoms with Crippen LogP contribution >= 0.6 is 0 Å². The molecule has 0 spiro atoms. The number of hydrogen-bond donors (Lipinski definition) is 0.